The lowest BCUT2D eigenvalue weighted by Crippen LogP contribution is -2.15. The van der Waals surface area contributed by atoms with Crippen molar-refractivity contribution in [3.05, 3.63) is 90.7 Å². The summed E-state index contributed by atoms with van der Waals surface area (Å²) in [6, 6.07) is 14.9. The monoisotopic (exact) mass is 424 g/mol. The van der Waals surface area contributed by atoms with Gasteiger partial charge < -0.3 is 10.6 Å². The molecule has 0 aliphatic heterocycles. The van der Waals surface area contributed by atoms with Crippen LogP contribution >= 0.6 is 0 Å². The lowest BCUT2D eigenvalue weighted by atomic mass is 10.2. The van der Waals surface area contributed by atoms with Crippen LogP contribution in [0.3, 0.4) is 0 Å². The van der Waals surface area contributed by atoms with E-state index in [2.05, 4.69) is 30.6 Å². The highest BCUT2D eigenvalue weighted by Gasteiger charge is 2.16. The number of pyridine rings is 1. The molecule has 0 saturated heterocycles. The molecule has 0 radical (unpaired) electrons. The average Bonchev–Trinajstić information content (AvgIpc) is 3.37. The molecule has 1 aromatic carbocycles. The van der Waals surface area contributed by atoms with Crippen molar-refractivity contribution in [3.63, 3.8) is 0 Å². The van der Waals surface area contributed by atoms with Crippen molar-refractivity contribution in [2.45, 2.75) is 13.8 Å². The molecule has 0 unspecified atom stereocenters. The van der Waals surface area contributed by atoms with Crippen LogP contribution in [-0.2, 0) is 0 Å². The number of hydrogen-bond donors (Lipinski definition) is 2. The Morgan fingerprint density at radius 3 is 2.53 bits per heavy atom. The van der Waals surface area contributed by atoms with Crippen LogP contribution in [0.5, 0.6) is 0 Å². The fourth-order valence-corrected chi connectivity index (χ4v) is 3.53. The van der Waals surface area contributed by atoms with E-state index in [9.17, 15) is 4.79 Å². The number of fused-ring (bicyclic) bond motifs is 1. The van der Waals surface area contributed by atoms with Gasteiger partial charge in [-0.25, -0.2) is 19.9 Å². The molecule has 4 heterocycles. The van der Waals surface area contributed by atoms with E-state index in [1.807, 2.05) is 79.3 Å². The number of nitrogens with one attached hydrogen (secondary N) is 2. The van der Waals surface area contributed by atoms with Gasteiger partial charge >= 0.3 is 0 Å². The predicted molar refractivity (Wildman–Crippen MR) is 121 cm³/mol. The Balaban J connectivity index is 1.31. The molecule has 9 nitrogen and oxygen atoms in total. The van der Waals surface area contributed by atoms with Gasteiger partial charge in [0, 0.05) is 36.0 Å². The number of benzene rings is 1. The lowest BCUT2D eigenvalue weighted by Gasteiger charge is -2.10. The SMILES string of the molecule is Cc1nc2ccccn2c1C(=O)Nc1ccc(Nc2cc(-n3ccnc3C)ncn2)cc1. The minimum absolute atomic E-state index is 0.210. The number of imidazole rings is 2. The smallest absolute Gasteiger partial charge is 0.274 e. The Labute approximate surface area is 183 Å². The van der Waals surface area contributed by atoms with Crippen LogP contribution in [0.25, 0.3) is 11.5 Å². The second-order valence-corrected chi connectivity index (χ2v) is 7.24. The second-order valence-electron chi connectivity index (χ2n) is 7.24. The number of nitrogens with zero attached hydrogens (tertiary/aromatic N) is 6. The van der Waals surface area contributed by atoms with Gasteiger partial charge in [-0.15, -0.1) is 0 Å². The van der Waals surface area contributed by atoms with Crippen LogP contribution in [0.2, 0.25) is 0 Å². The van der Waals surface area contributed by atoms with Crippen molar-refractivity contribution in [1.82, 2.24) is 28.9 Å². The molecule has 5 aromatic rings. The highest BCUT2D eigenvalue weighted by molar-refractivity contribution is 6.04. The molecule has 1 amide bonds. The van der Waals surface area contributed by atoms with E-state index in [0.29, 0.717) is 22.9 Å². The number of hydrogen-bond acceptors (Lipinski definition) is 6. The number of carbonyl (C=O) groups excluding carboxylic acids is 1. The average molecular weight is 424 g/mol. The zero-order chi connectivity index (χ0) is 22.1. The fraction of sp³-hybridized carbons (Fsp3) is 0.0870. The number of aromatic nitrogens is 6. The molecule has 4 aromatic heterocycles. The molecule has 2 N–H and O–H groups in total. The fourth-order valence-electron chi connectivity index (χ4n) is 3.53. The van der Waals surface area contributed by atoms with Gasteiger partial charge in [-0.05, 0) is 50.2 Å². The second kappa shape index (κ2) is 7.95. The van der Waals surface area contributed by atoms with Crippen molar-refractivity contribution in [2.75, 3.05) is 10.6 Å². The summed E-state index contributed by atoms with van der Waals surface area (Å²) < 4.78 is 3.67. The van der Waals surface area contributed by atoms with Crippen molar-refractivity contribution in [1.29, 1.82) is 0 Å². The summed E-state index contributed by atoms with van der Waals surface area (Å²) in [5.74, 6) is 2.01. The molecule has 158 valence electrons. The highest BCUT2D eigenvalue weighted by atomic mass is 16.2. The molecule has 32 heavy (non-hydrogen) atoms. The standard InChI is InChI=1S/C23H20N8O/c1-15-22(31-11-4-3-5-20(31)27-15)23(32)29-18-8-6-17(7-9-18)28-19-13-21(26-14-25-19)30-12-10-24-16(30)2/h3-14H,1-2H3,(H,29,32)(H,25,26,28). The molecular formula is C23H20N8O. The van der Waals surface area contributed by atoms with E-state index in [0.717, 1.165) is 23.0 Å². The molecule has 9 heteroatoms. The molecule has 0 bridgehead atoms. The van der Waals surface area contributed by atoms with E-state index < -0.39 is 0 Å². The predicted octanol–water partition coefficient (Wildman–Crippen LogP) is 3.92. The molecule has 0 atom stereocenters. The van der Waals surface area contributed by atoms with Crippen LogP contribution in [0.1, 0.15) is 22.0 Å². The van der Waals surface area contributed by atoms with E-state index in [4.69, 9.17) is 0 Å². The first kappa shape index (κ1) is 19.4. The van der Waals surface area contributed by atoms with Crippen LogP contribution < -0.4 is 10.6 Å². The number of carbonyl (C=O) groups is 1. The van der Waals surface area contributed by atoms with E-state index >= 15 is 0 Å². The molecule has 5 rings (SSSR count). The number of amides is 1. The summed E-state index contributed by atoms with van der Waals surface area (Å²) in [6.45, 7) is 3.74. The molecule has 0 spiro atoms. The van der Waals surface area contributed by atoms with Gasteiger partial charge in [-0.3, -0.25) is 13.8 Å². The van der Waals surface area contributed by atoms with Gasteiger partial charge in [0.2, 0.25) is 0 Å². The Kier molecular flexibility index (Phi) is 4.83. The summed E-state index contributed by atoms with van der Waals surface area (Å²) >= 11 is 0. The summed E-state index contributed by atoms with van der Waals surface area (Å²) in [6.07, 6.45) is 6.92. The van der Waals surface area contributed by atoms with Crippen molar-refractivity contribution in [2.24, 2.45) is 0 Å². The topological polar surface area (TPSA) is 102 Å². The van der Waals surface area contributed by atoms with Gasteiger partial charge in [0.15, 0.2) is 0 Å². The molecule has 0 aliphatic carbocycles. The summed E-state index contributed by atoms with van der Waals surface area (Å²) in [4.78, 5) is 30.1. The van der Waals surface area contributed by atoms with E-state index in [-0.39, 0.29) is 5.91 Å². The largest absolute Gasteiger partial charge is 0.340 e. The van der Waals surface area contributed by atoms with Gasteiger partial charge in [0.1, 0.15) is 35.1 Å². The maximum atomic E-state index is 12.9. The summed E-state index contributed by atoms with van der Waals surface area (Å²) in [5.41, 5.74) is 3.46. The van der Waals surface area contributed by atoms with Gasteiger partial charge in [-0.1, -0.05) is 6.07 Å². The Morgan fingerprint density at radius 2 is 1.75 bits per heavy atom. The molecule has 0 saturated carbocycles. The quantitative estimate of drug-likeness (QED) is 0.443. The Bertz CT molecular complexity index is 1420. The van der Waals surface area contributed by atoms with Crippen LogP contribution in [0.4, 0.5) is 17.2 Å². The zero-order valence-electron chi connectivity index (χ0n) is 17.5. The first-order valence-electron chi connectivity index (χ1n) is 10.0. The Morgan fingerprint density at radius 1 is 0.938 bits per heavy atom. The highest BCUT2D eigenvalue weighted by Crippen LogP contribution is 2.20. The number of anilines is 3. The van der Waals surface area contributed by atoms with E-state index in [1.165, 1.54) is 6.33 Å². The molecule has 0 aliphatic rings. The Hall–Kier alpha value is -4.53. The van der Waals surface area contributed by atoms with Crippen LogP contribution in [0, 0.1) is 13.8 Å². The van der Waals surface area contributed by atoms with Crippen molar-refractivity contribution < 1.29 is 4.79 Å². The summed E-state index contributed by atoms with van der Waals surface area (Å²) in [7, 11) is 0. The van der Waals surface area contributed by atoms with Crippen molar-refractivity contribution >= 4 is 28.7 Å². The van der Waals surface area contributed by atoms with E-state index in [1.54, 1.807) is 10.6 Å². The molecular weight excluding hydrogens is 404 g/mol. The summed E-state index contributed by atoms with van der Waals surface area (Å²) in [5, 5.41) is 6.19. The number of aryl methyl sites for hydroxylation is 2. The first-order valence-corrected chi connectivity index (χ1v) is 10.0. The van der Waals surface area contributed by atoms with Gasteiger partial charge in [0.05, 0.1) is 5.69 Å². The maximum Gasteiger partial charge on any atom is 0.274 e. The number of rotatable bonds is 5. The van der Waals surface area contributed by atoms with Gasteiger partial charge in [-0.2, -0.15) is 0 Å². The normalized spacial score (nSPS) is 10.9. The third-order valence-corrected chi connectivity index (χ3v) is 5.06. The first-order chi connectivity index (χ1) is 15.6. The maximum absolute atomic E-state index is 12.9. The third-order valence-electron chi connectivity index (χ3n) is 5.06. The minimum Gasteiger partial charge on any atom is -0.340 e. The molecule has 0 fully saturated rings. The zero-order valence-corrected chi connectivity index (χ0v) is 17.5. The van der Waals surface area contributed by atoms with Gasteiger partial charge in [0.25, 0.3) is 5.91 Å². The van der Waals surface area contributed by atoms with Crippen LogP contribution in [-0.4, -0.2) is 34.8 Å². The minimum atomic E-state index is -0.210. The van der Waals surface area contributed by atoms with Crippen LogP contribution in [0.15, 0.2) is 73.4 Å². The van der Waals surface area contributed by atoms with Crippen molar-refractivity contribution in [3.8, 4) is 5.82 Å². The lowest BCUT2D eigenvalue weighted by molar-refractivity contribution is 0.102. The third kappa shape index (κ3) is 3.67.